The molecule has 6 N–H and O–H groups in total. The molecule has 3 amide bonds. The largest absolute Gasteiger partial charge is 0.507 e. The van der Waals surface area contributed by atoms with Gasteiger partial charge in [0.2, 0.25) is 5.78 Å². The van der Waals surface area contributed by atoms with Crippen LogP contribution in [0.4, 0.5) is 10.1 Å². The van der Waals surface area contributed by atoms with Crippen molar-refractivity contribution < 1.29 is 72.8 Å². The Morgan fingerprint density at radius 1 is 1.03 bits per heavy atom. The number of aliphatic hydroxyl groups is 3. The molecule has 18 nitrogen and oxygen atoms in total. The zero-order valence-electron chi connectivity index (χ0n) is 33.7. The van der Waals surface area contributed by atoms with Crippen molar-refractivity contribution in [2.45, 2.75) is 75.5 Å². The first-order valence-corrected chi connectivity index (χ1v) is 19.8. The molecule has 8 rings (SSSR count). The van der Waals surface area contributed by atoms with Gasteiger partial charge in [0.25, 0.3) is 17.7 Å². The number of imide groups is 1. The summed E-state index contributed by atoms with van der Waals surface area (Å²) in [6.07, 6.45) is -3.57. The minimum atomic E-state index is -2.31. The molecule has 3 heterocycles. The van der Waals surface area contributed by atoms with Crippen molar-refractivity contribution in [2.24, 2.45) is 5.10 Å². The predicted octanol–water partition coefficient (Wildman–Crippen LogP) is 1.55. The zero-order valence-corrected chi connectivity index (χ0v) is 33.7. The van der Waals surface area contributed by atoms with Crippen LogP contribution in [-0.4, -0.2) is 135 Å². The summed E-state index contributed by atoms with van der Waals surface area (Å²) in [5, 5.41) is 62.3. The number of morpholine rings is 1. The second-order valence-electron chi connectivity index (χ2n) is 15.8. The molecule has 2 aliphatic carbocycles. The van der Waals surface area contributed by atoms with E-state index in [-0.39, 0.29) is 46.1 Å². The van der Waals surface area contributed by atoms with Crippen LogP contribution in [0.2, 0.25) is 0 Å². The molecule has 0 saturated carbocycles. The molecule has 3 aliphatic heterocycles. The van der Waals surface area contributed by atoms with Gasteiger partial charge in [0, 0.05) is 72.8 Å². The molecule has 2 fully saturated rings. The molecule has 0 aromatic heterocycles. The van der Waals surface area contributed by atoms with Crippen molar-refractivity contribution in [2.75, 3.05) is 38.3 Å². The predicted molar refractivity (Wildman–Crippen MR) is 212 cm³/mol. The van der Waals surface area contributed by atoms with Gasteiger partial charge in [-0.1, -0.05) is 12.1 Å². The number of rotatable bonds is 9. The monoisotopic (exact) mass is 858 g/mol. The maximum Gasteiger partial charge on any atom is 0.271 e. The molecule has 19 heteroatoms. The number of carbonyl (C=O) groups excluding carboxylic acids is 5. The Morgan fingerprint density at radius 2 is 1.76 bits per heavy atom. The fourth-order valence-corrected chi connectivity index (χ4v) is 9.00. The van der Waals surface area contributed by atoms with E-state index in [2.05, 4.69) is 15.4 Å². The van der Waals surface area contributed by atoms with Gasteiger partial charge in [-0.3, -0.25) is 28.9 Å². The number of amides is 3. The Morgan fingerprint density at radius 3 is 2.44 bits per heavy atom. The molecule has 326 valence electrons. The number of hydrazone groups is 1. The van der Waals surface area contributed by atoms with Crippen molar-refractivity contribution in [3.05, 3.63) is 93.3 Å². The Kier molecular flexibility index (Phi) is 11.3. The first-order valence-electron chi connectivity index (χ1n) is 19.8. The standard InChI is InChI=1S/C43H43FN4O14/c1-19-17-47(11-12-60-19)26-14-32(61-20(2)37(26)52)62-28-16-43(58,29(18-49)45-46-42(57)21-7-8-25(24(44)13-21)48-30(50)9-10-31(48)51)15-23-34(28)41(56)36-35(39(23)54)38(53)22-5-4-6-27(59-3)33(22)40(36)55/h4-10,13,19-20,26,28,32,37,49,52,54,56,58H,11-12,14-18H2,1-3H3,(H,46,57)/b45-29+/t19-,20+,26?,28+,32+,37-,43+/m1/s1. The number of anilines is 1. The average Bonchev–Trinajstić information content (AvgIpc) is 3.58. The summed E-state index contributed by atoms with van der Waals surface area (Å²) in [6.45, 7) is 3.99. The molecular formula is C43H43FN4O14. The highest BCUT2D eigenvalue weighted by Gasteiger charge is 2.50. The highest BCUT2D eigenvalue weighted by atomic mass is 19.1. The number of ether oxygens (including phenoxy) is 4. The number of aliphatic hydroxyl groups excluding tert-OH is 2. The van der Waals surface area contributed by atoms with Crippen LogP contribution < -0.4 is 15.1 Å². The van der Waals surface area contributed by atoms with E-state index >= 15 is 4.39 Å². The van der Waals surface area contributed by atoms with E-state index in [1.54, 1.807) is 6.92 Å². The molecule has 7 atom stereocenters. The summed E-state index contributed by atoms with van der Waals surface area (Å²) in [7, 11) is 1.31. The smallest absolute Gasteiger partial charge is 0.271 e. The number of carbonyl (C=O) groups is 5. The first kappa shape index (κ1) is 42.7. The average molecular weight is 859 g/mol. The third-order valence-corrected chi connectivity index (χ3v) is 12.0. The third kappa shape index (κ3) is 7.24. The third-order valence-electron chi connectivity index (χ3n) is 12.0. The van der Waals surface area contributed by atoms with E-state index in [4.69, 9.17) is 18.9 Å². The van der Waals surface area contributed by atoms with Crippen LogP contribution in [-0.2, 0) is 30.2 Å². The molecule has 2 saturated heterocycles. The number of methoxy groups -OCH3 is 1. The van der Waals surface area contributed by atoms with E-state index in [1.807, 2.05) is 6.92 Å². The maximum absolute atomic E-state index is 15.1. The number of benzene rings is 3. The molecule has 5 aliphatic rings. The van der Waals surface area contributed by atoms with Gasteiger partial charge < -0.3 is 44.5 Å². The van der Waals surface area contributed by atoms with E-state index in [0.717, 1.165) is 30.4 Å². The summed E-state index contributed by atoms with van der Waals surface area (Å²) < 4.78 is 38.8. The molecular weight excluding hydrogens is 815 g/mol. The highest BCUT2D eigenvalue weighted by molar-refractivity contribution is 6.31. The van der Waals surface area contributed by atoms with Crippen LogP contribution in [0.5, 0.6) is 17.2 Å². The molecule has 62 heavy (non-hydrogen) atoms. The Balaban J connectivity index is 1.16. The second-order valence-corrected chi connectivity index (χ2v) is 15.8. The molecule has 1 unspecified atom stereocenters. The number of phenols is 2. The van der Waals surface area contributed by atoms with Crippen molar-refractivity contribution >= 4 is 40.7 Å². The Labute approximate surface area is 352 Å². The maximum atomic E-state index is 15.1. The van der Waals surface area contributed by atoms with Gasteiger partial charge in [-0.05, 0) is 38.1 Å². The lowest BCUT2D eigenvalue weighted by molar-refractivity contribution is -0.260. The van der Waals surface area contributed by atoms with E-state index in [1.165, 1.54) is 25.3 Å². The minimum absolute atomic E-state index is 0.0514. The number of nitrogens with one attached hydrogen (secondary N) is 1. The summed E-state index contributed by atoms with van der Waals surface area (Å²) in [4.78, 5) is 68.4. The van der Waals surface area contributed by atoms with Gasteiger partial charge in [0.1, 0.15) is 28.7 Å². The fourth-order valence-electron chi connectivity index (χ4n) is 9.00. The van der Waals surface area contributed by atoms with Gasteiger partial charge in [-0.15, -0.1) is 0 Å². The van der Waals surface area contributed by atoms with Gasteiger partial charge in [0.05, 0.1) is 72.8 Å². The lowest BCUT2D eigenvalue weighted by Gasteiger charge is -2.47. The second kappa shape index (κ2) is 16.4. The molecule has 0 bridgehead atoms. The Bertz CT molecular complexity index is 2460. The first-order chi connectivity index (χ1) is 29.6. The summed E-state index contributed by atoms with van der Waals surface area (Å²) in [5.41, 5.74) is -3.04. The van der Waals surface area contributed by atoms with Crippen LogP contribution in [0.1, 0.15) is 86.1 Å². The van der Waals surface area contributed by atoms with Crippen LogP contribution in [0.3, 0.4) is 0 Å². The summed E-state index contributed by atoms with van der Waals surface area (Å²) in [6, 6.07) is 6.76. The summed E-state index contributed by atoms with van der Waals surface area (Å²) in [5.74, 6) is -6.73. The van der Waals surface area contributed by atoms with Gasteiger partial charge in [0.15, 0.2) is 12.1 Å². The van der Waals surface area contributed by atoms with E-state index < -0.39 is 125 Å². The quantitative estimate of drug-likeness (QED) is 0.0605. The Hall–Kier alpha value is -5.93. The molecule has 0 spiro atoms. The molecule has 3 aromatic carbocycles. The number of phenolic OH excluding ortho intramolecular Hbond substituents is 2. The van der Waals surface area contributed by atoms with Crippen LogP contribution in [0.15, 0.2) is 53.7 Å². The van der Waals surface area contributed by atoms with Crippen LogP contribution in [0, 0.1) is 5.82 Å². The van der Waals surface area contributed by atoms with Crippen LogP contribution >= 0.6 is 0 Å². The number of hydrogen-bond donors (Lipinski definition) is 6. The zero-order chi connectivity index (χ0) is 44.4. The SMILES string of the molecule is COc1cccc2c1C(=O)c1c(O)c3c(c(O)c1C2=O)C[C@@](O)(/C(CO)=N/NC(=O)c1ccc(N2C(=O)C=CC2=O)c(F)c1)C[C@@H]3O[C@H]1CC(N2CCO[C@H](C)C2)[C@H](O)[C@H](C)O1. The van der Waals surface area contributed by atoms with Crippen molar-refractivity contribution in [1.82, 2.24) is 10.3 Å². The van der Waals surface area contributed by atoms with Gasteiger partial charge >= 0.3 is 0 Å². The lowest BCUT2D eigenvalue weighted by Crippen LogP contribution is -2.59. The van der Waals surface area contributed by atoms with E-state index in [0.29, 0.717) is 24.6 Å². The van der Waals surface area contributed by atoms with Crippen molar-refractivity contribution in [1.29, 1.82) is 0 Å². The molecule has 0 radical (unpaired) electrons. The topological polar surface area (TPSA) is 254 Å². The number of hydrogen-bond acceptors (Lipinski definition) is 16. The van der Waals surface area contributed by atoms with E-state index in [9.17, 15) is 49.5 Å². The number of ketones is 2. The molecule has 3 aromatic rings. The number of nitrogens with zero attached hydrogens (tertiary/aromatic N) is 3. The summed E-state index contributed by atoms with van der Waals surface area (Å²) >= 11 is 0. The fraction of sp³-hybridized carbons (Fsp3) is 0.395. The minimum Gasteiger partial charge on any atom is -0.507 e. The van der Waals surface area contributed by atoms with Crippen molar-refractivity contribution in [3.8, 4) is 17.2 Å². The number of halogens is 1. The lowest BCUT2D eigenvalue weighted by atomic mass is 9.71. The van der Waals surface area contributed by atoms with Crippen molar-refractivity contribution in [3.63, 3.8) is 0 Å². The van der Waals surface area contributed by atoms with Gasteiger partial charge in [-0.2, -0.15) is 5.10 Å². The number of fused-ring (bicyclic) bond motifs is 3. The number of aromatic hydroxyl groups is 2. The normalized spacial score (nSPS) is 27.5. The van der Waals surface area contributed by atoms with Gasteiger partial charge in [-0.25, -0.2) is 14.7 Å². The highest BCUT2D eigenvalue weighted by Crippen LogP contribution is 2.53. The van der Waals surface area contributed by atoms with Crippen LogP contribution in [0.25, 0.3) is 0 Å².